The van der Waals surface area contributed by atoms with Crippen LogP contribution in [-0.4, -0.2) is 23.5 Å². The fourth-order valence-corrected chi connectivity index (χ4v) is 2.94. The van der Waals surface area contributed by atoms with Crippen molar-refractivity contribution in [3.05, 3.63) is 29.6 Å². The first-order chi connectivity index (χ1) is 8.15. The highest BCUT2D eigenvalue weighted by atomic mass is 32.2. The van der Waals surface area contributed by atoms with Crippen LogP contribution in [0.2, 0.25) is 0 Å². The zero-order chi connectivity index (χ0) is 12.3. The smallest absolute Gasteiger partial charge is 0.251 e. The molecule has 5 heteroatoms. The SMILES string of the molecule is Nc1cc(F)cc(C(=O)NC2CCCSC2)c1. The summed E-state index contributed by atoms with van der Waals surface area (Å²) in [6.45, 7) is 0. The lowest BCUT2D eigenvalue weighted by molar-refractivity contribution is 0.0938. The number of rotatable bonds is 2. The van der Waals surface area contributed by atoms with E-state index < -0.39 is 5.82 Å². The molecule has 17 heavy (non-hydrogen) atoms. The molecule has 0 saturated carbocycles. The lowest BCUT2D eigenvalue weighted by atomic mass is 10.1. The van der Waals surface area contributed by atoms with Gasteiger partial charge in [-0.2, -0.15) is 11.8 Å². The molecular weight excluding hydrogens is 239 g/mol. The molecule has 0 spiro atoms. The molecule has 0 aromatic heterocycles. The average molecular weight is 254 g/mol. The number of benzene rings is 1. The van der Waals surface area contributed by atoms with Gasteiger partial charge in [-0.3, -0.25) is 4.79 Å². The number of amides is 1. The van der Waals surface area contributed by atoms with Crippen LogP contribution >= 0.6 is 11.8 Å². The molecule has 1 aliphatic heterocycles. The highest BCUT2D eigenvalue weighted by Crippen LogP contribution is 2.18. The maximum Gasteiger partial charge on any atom is 0.251 e. The monoisotopic (exact) mass is 254 g/mol. The van der Waals surface area contributed by atoms with Crippen molar-refractivity contribution in [3.63, 3.8) is 0 Å². The molecule has 2 rings (SSSR count). The molecule has 3 nitrogen and oxygen atoms in total. The topological polar surface area (TPSA) is 55.1 Å². The second-order valence-corrected chi connectivity index (χ2v) is 5.31. The number of nitrogen functional groups attached to an aromatic ring is 1. The fourth-order valence-electron chi connectivity index (χ4n) is 1.87. The van der Waals surface area contributed by atoms with E-state index in [-0.39, 0.29) is 23.2 Å². The van der Waals surface area contributed by atoms with Gasteiger partial charge in [-0.15, -0.1) is 0 Å². The van der Waals surface area contributed by atoms with Crippen LogP contribution in [0.3, 0.4) is 0 Å². The second kappa shape index (κ2) is 5.40. The van der Waals surface area contributed by atoms with Crippen LogP contribution in [0.1, 0.15) is 23.2 Å². The van der Waals surface area contributed by atoms with Crippen molar-refractivity contribution in [3.8, 4) is 0 Å². The van der Waals surface area contributed by atoms with Crippen molar-refractivity contribution in [1.29, 1.82) is 0 Å². The summed E-state index contributed by atoms with van der Waals surface area (Å²) in [6.07, 6.45) is 2.10. The molecule has 1 heterocycles. The number of hydrogen-bond donors (Lipinski definition) is 2. The van der Waals surface area contributed by atoms with Gasteiger partial charge in [-0.25, -0.2) is 4.39 Å². The molecule has 3 N–H and O–H groups in total. The molecule has 1 saturated heterocycles. The Labute approximate surface area is 104 Å². The molecule has 1 amide bonds. The molecule has 1 fully saturated rings. The molecule has 1 aromatic carbocycles. The minimum absolute atomic E-state index is 0.186. The van der Waals surface area contributed by atoms with Gasteiger partial charge in [0.2, 0.25) is 0 Å². The molecule has 0 aliphatic carbocycles. The van der Waals surface area contributed by atoms with Crippen LogP contribution in [0, 0.1) is 5.82 Å². The lowest BCUT2D eigenvalue weighted by Crippen LogP contribution is -2.38. The maximum absolute atomic E-state index is 13.1. The largest absolute Gasteiger partial charge is 0.399 e. The minimum atomic E-state index is -0.479. The number of carbonyl (C=O) groups excluding carboxylic acids is 1. The molecule has 1 aliphatic rings. The Hall–Kier alpha value is -1.23. The number of hydrogen-bond acceptors (Lipinski definition) is 3. The molecule has 1 aromatic rings. The Morgan fingerprint density at radius 3 is 2.94 bits per heavy atom. The molecule has 0 bridgehead atoms. The van der Waals surface area contributed by atoms with Crippen molar-refractivity contribution < 1.29 is 9.18 Å². The first-order valence-corrected chi connectivity index (χ1v) is 6.75. The number of anilines is 1. The summed E-state index contributed by atoms with van der Waals surface area (Å²) in [5, 5.41) is 2.91. The van der Waals surface area contributed by atoms with E-state index in [0.29, 0.717) is 0 Å². The third kappa shape index (κ3) is 3.36. The van der Waals surface area contributed by atoms with Crippen LogP contribution in [0.25, 0.3) is 0 Å². The number of halogens is 1. The van der Waals surface area contributed by atoms with Crippen LogP contribution in [0.15, 0.2) is 18.2 Å². The Balaban J connectivity index is 2.03. The van der Waals surface area contributed by atoms with E-state index in [0.717, 1.165) is 24.3 Å². The summed E-state index contributed by atoms with van der Waals surface area (Å²) in [5.74, 6) is 1.35. The molecule has 0 radical (unpaired) electrons. The zero-order valence-electron chi connectivity index (χ0n) is 9.41. The first-order valence-electron chi connectivity index (χ1n) is 5.60. The Kier molecular flexibility index (Phi) is 3.89. The van der Waals surface area contributed by atoms with E-state index in [1.165, 1.54) is 18.2 Å². The Bertz CT molecular complexity index is 399. The fraction of sp³-hybridized carbons (Fsp3) is 0.417. The van der Waals surface area contributed by atoms with Gasteiger partial charge >= 0.3 is 0 Å². The maximum atomic E-state index is 13.1. The van der Waals surface area contributed by atoms with Crippen molar-refractivity contribution in [2.45, 2.75) is 18.9 Å². The van der Waals surface area contributed by atoms with Crippen LogP contribution < -0.4 is 11.1 Å². The van der Waals surface area contributed by atoms with Gasteiger partial charge in [0.1, 0.15) is 5.82 Å². The van der Waals surface area contributed by atoms with Gasteiger partial charge in [0.15, 0.2) is 0 Å². The number of nitrogens with two attached hydrogens (primary N) is 1. The minimum Gasteiger partial charge on any atom is -0.399 e. The summed E-state index contributed by atoms with van der Waals surface area (Å²) in [7, 11) is 0. The standard InChI is InChI=1S/C12H15FN2OS/c13-9-4-8(5-10(14)6-9)12(16)15-11-2-1-3-17-7-11/h4-6,11H,1-3,7,14H2,(H,15,16). The van der Waals surface area contributed by atoms with Crippen molar-refractivity contribution in [2.75, 3.05) is 17.2 Å². The van der Waals surface area contributed by atoms with E-state index in [4.69, 9.17) is 5.73 Å². The van der Waals surface area contributed by atoms with Crippen molar-refractivity contribution in [2.24, 2.45) is 0 Å². The van der Waals surface area contributed by atoms with Gasteiger partial charge < -0.3 is 11.1 Å². The molecule has 92 valence electrons. The first kappa shape index (κ1) is 12.2. The summed E-state index contributed by atoms with van der Waals surface area (Å²) in [5.41, 5.74) is 6.07. The highest BCUT2D eigenvalue weighted by molar-refractivity contribution is 7.99. The second-order valence-electron chi connectivity index (χ2n) is 4.16. The van der Waals surface area contributed by atoms with Crippen molar-refractivity contribution in [1.82, 2.24) is 5.32 Å². The van der Waals surface area contributed by atoms with Crippen LogP contribution in [0.4, 0.5) is 10.1 Å². The number of nitrogens with one attached hydrogen (secondary N) is 1. The third-order valence-electron chi connectivity index (χ3n) is 2.68. The normalized spacial score (nSPS) is 19.9. The highest BCUT2D eigenvalue weighted by Gasteiger charge is 2.17. The van der Waals surface area contributed by atoms with Crippen LogP contribution in [-0.2, 0) is 0 Å². The van der Waals surface area contributed by atoms with Gasteiger partial charge in [-0.05, 0) is 36.8 Å². The molecule has 1 atom stereocenters. The third-order valence-corrected chi connectivity index (χ3v) is 3.89. The average Bonchev–Trinajstić information content (AvgIpc) is 2.29. The predicted molar refractivity (Wildman–Crippen MR) is 68.6 cm³/mol. The molecular formula is C12H15FN2OS. The summed E-state index contributed by atoms with van der Waals surface area (Å²) >= 11 is 1.83. The quantitative estimate of drug-likeness (QED) is 0.794. The number of carbonyl (C=O) groups is 1. The van der Waals surface area contributed by atoms with E-state index >= 15 is 0 Å². The summed E-state index contributed by atoms with van der Waals surface area (Å²) in [6, 6.07) is 4.09. The van der Waals surface area contributed by atoms with Crippen LogP contribution in [0.5, 0.6) is 0 Å². The summed E-state index contributed by atoms with van der Waals surface area (Å²) in [4.78, 5) is 11.9. The number of thioether (sulfide) groups is 1. The van der Waals surface area contributed by atoms with Gasteiger partial charge in [-0.1, -0.05) is 0 Å². The lowest BCUT2D eigenvalue weighted by Gasteiger charge is -2.22. The molecule has 1 unspecified atom stereocenters. The van der Waals surface area contributed by atoms with E-state index in [2.05, 4.69) is 5.32 Å². The van der Waals surface area contributed by atoms with Gasteiger partial charge in [0.25, 0.3) is 5.91 Å². The predicted octanol–water partition coefficient (Wildman–Crippen LogP) is 2.03. The Morgan fingerprint density at radius 1 is 1.47 bits per heavy atom. The van der Waals surface area contributed by atoms with Crippen molar-refractivity contribution >= 4 is 23.4 Å². The summed E-state index contributed by atoms with van der Waals surface area (Å²) < 4.78 is 13.1. The van der Waals surface area contributed by atoms with E-state index in [9.17, 15) is 9.18 Å². The van der Waals surface area contributed by atoms with E-state index in [1.807, 2.05) is 11.8 Å². The van der Waals surface area contributed by atoms with E-state index in [1.54, 1.807) is 0 Å². The van der Waals surface area contributed by atoms with Gasteiger partial charge in [0.05, 0.1) is 0 Å². The zero-order valence-corrected chi connectivity index (χ0v) is 10.2. The Morgan fingerprint density at radius 2 is 2.29 bits per heavy atom. The van der Waals surface area contributed by atoms with Gasteiger partial charge in [0, 0.05) is 23.0 Å².